The highest BCUT2D eigenvalue weighted by Crippen LogP contribution is 2.56. The van der Waals surface area contributed by atoms with E-state index in [1.807, 2.05) is 29.2 Å². The zero-order chi connectivity index (χ0) is 34.7. The number of ether oxygens (including phenoxy) is 1. The maximum Gasteiger partial charge on any atom is 0.321 e. The van der Waals surface area contributed by atoms with Gasteiger partial charge in [0.25, 0.3) is 0 Å². The van der Waals surface area contributed by atoms with Crippen LogP contribution in [0.15, 0.2) is 144 Å². The fourth-order valence-electron chi connectivity index (χ4n) is 8.38. The second-order valence-corrected chi connectivity index (χ2v) is 14.6. The molecule has 2 saturated heterocycles. The third-order valence-electron chi connectivity index (χ3n) is 10.8. The predicted octanol–water partition coefficient (Wildman–Crippen LogP) is 8.50. The highest BCUT2D eigenvalue weighted by atomic mass is 79.9. The van der Waals surface area contributed by atoms with E-state index in [0.29, 0.717) is 13.1 Å². The summed E-state index contributed by atoms with van der Waals surface area (Å²) >= 11 is 3.70. The Bertz CT molecular complexity index is 1760. The van der Waals surface area contributed by atoms with Crippen LogP contribution in [0.1, 0.15) is 34.6 Å². The first kappa shape index (κ1) is 34.0. The molecule has 50 heavy (non-hydrogen) atoms. The van der Waals surface area contributed by atoms with Gasteiger partial charge in [0, 0.05) is 53.8 Å². The molecule has 7 heteroatoms. The van der Waals surface area contributed by atoms with Crippen molar-refractivity contribution in [1.82, 2.24) is 14.7 Å². The van der Waals surface area contributed by atoms with Gasteiger partial charge in [0.05, 0.1) is 12.5 Å². The molecule has 7 rings (SSSR count). The van der Waals surface area contributed by atoms with Crippen LogP contribution in [-0.2, 0) is 5.41 Å². The van der Waals surface area contributed by atoms with Crippen LogP contribution < -0.4 is 10.1 Å². The van der Waals surface area contributed by atoms with Gasteiger partial charge in [0.15, 0.2) is 0 Å². The molecule has 2 heterocycles. The van der Waals surface area contributed by atoms with Crippen LogP contribution in [0, 0.1) is 0 Å². The molecule has 5 aromatic rings. The molecule has 2 aliphatic rings. The number of anilines is 1. The van der Waals surface area contributed by atoms with Crippen molar-refractivity contribution in [2.24, 2.45) is 0 Å². The van der Waals surface area contributed by atoms with Gasteiger partial charge in [-0.15, -0.1) is 0 Å². The fraction of sp³-hybridized carbons (Fsp3) is 0.279. The minimum Gasteiger partial charge on any atom is -0.497 e. The lowest BCUT2D eigenvalue weighted by molar-refractivity contribution is -0.0656. The first-order valence-electron chi connectivity index (χ1n) is 17.4. The lowest BCUT2D eigenvalue weighted by Crippen LogP contribution is -2.73. The normalized spacial score (nSPS) is 21.0. The third-order valence-corrected chi connectivity index (χ3v) is 11.4. The molecule has 0 spiro atoms. The number of urea groups is 1. The molecule has 2 fully saturated rings. The van der Waals surface area contributed by atoms with E-state index in [-0.39, 0.29) is 30.1 Å². The molecule has 0 bridgehead atoms. The van der Waals surface area contributed by atoms with Gasteiger partial charge in [-0.1, -0.05) is 119 Å². The summed E-state index contributed by atoms with van der Waals surface area (Å²) in [6.07, 6.45) is 0.938. The minimum atomic E-state index is -0.485. The second-order valence-electron chi connectivity index (χ2n) is 13.7. The van der Waals surface area contributed by atoms with Crippen molar-refractivity contribution in [3.8, 4) is 5.75 Å². The van der Waals surface area contributed by atoms with E-state index in [1.54, 1.807) is 7.11 Å². The summed E-state index contributed by atoms with van der Waals surface area (Å²) in [6.45, 7) is 2.18. The standard InChI is InChI=1S/C43H45BrN4O2/c1-46(2)37-27-28-48-39(30-47(29-37)42(49)45-36-23-25-38(50-3)26-24-36)40(31-19-21-35(44)22-20-31)41(48)43(32-13-7-4-8-14-32,33-15-9-5-10-16-33)34-17-11-6-12-18-34/h4-26,37,39-41H,27-30H2,1-3H3,(H,45,49)/t37-,39-,40-,41-/m0/s1. The minimum absolute atomic E-state index is 0.0771. The zero-order valence-corrected chi connectivity index (χ0v) is 30.5. The van der Waals surface area contributed by atoms with Gasteiger partial charge >= 0.3 is 6.03 Å². The molecule has 5 aromatic carbocycles. The Kier molecular flexibility index (Phi) is 10.1. The molecule has 0 unspecified atom stereocenters. The zero-order valence-electron chi connectivity index (χ0n) is 29.0. The van der Waals surface area contributed by atoms with Crippen molar-refractivity contribution < 1.29 is 9.53 Å². The van der Waals surface area contributed by atoms with E-state index in [4.69, 9.17) is 4.74 Å². The van der Waals surface area contributed by atoms with Crippen LogP contribution in [-0.4, -0.2) is 79.7 Å². The Hall–Kier alpha value is -4.43. The van der Waals surface area contributed by atoms with Crippen LogP contribution >= 0.6 is 15.9 Å². The maximum atomic E-state index is 14.2. The summed E-state index contributed by atoms with van der Waals surface area (Å²) in [7, 11) is 5.91. The number of halogens is 1. The number of nitrogens with zero attached hydrogens (tertiary/aromatic N) is 3. The van der Waals surface area contributed by atoms with E-state index in [2.05, 4.69) is 160 Å². The molecule has 2 aliphatic heterocycles. The van der Waals surface area contributed by atoms with Crippen molar-refractivity contribution in [3.63, 3.8) is 0 Å². The molecule has 0 radical (unpaired) electrons. The van der Waals surface area contributed by atoms with Crippen LogP contribution in [0.3, 0.4) is 0 Å². The van der Waals surface area contributed by atoms with Gasteiger partial charge in [-0.2, -0.15) is 0 Å². The molecular weight excluding hydrogens is 684 g/mol. The first-order chi connectivity index (χ1) is 24.4. The van der Waals surface area contributed by atoms with Gasteiger partial charge in [-0.3, -0.25) is 4.90 Å². The average molecular weight is 730 g/mol. The second kappa shape index (κ2) is 14.8. The Morgan fingerprint density at radius 1 is 0.760 bits per heavy atom. The molecule has 1 N–H and O–H groups in total. The number of hydrogen-bond donors (Lipinski definition) is 1. The maximum absolute atomic E-state index is 14.2. The Morgan fingerprint density at radius 2 is 1.30 bits per heavy atom. The number of likely N-dealkylation sites (N-methyl/N-ethyl adjacent to an activating group) is 1. The van der Waals surface area contributed by atoms with Crippen molar-refractivity contribution in [2.75, 3.05) is 46.2 Å². The molecule has 4 atom stereocenters. The van der Waals surface area contributed by atoms with E-state index in [1.165, 1.54) is 22.3 Å². The van der Waals surface area contributed by atoms with Crippen LogP contribution in [0.5, 0.6) is 5.75 Å². The summed E-state index contributed by atoms with van der Waals surface area (Å²) in [6, 6.07) is 49.8. The number of carbonyl (C=O) groups is 1. The molecular formula is C43H45BrN4O2. The lowest BCUT2D eigenvalue weighted by atomic mass is 9.55. The fourth-order valence-corrected chi connectivity index (χ4v) is 8.65. The smallest absolute Gasteiger partial charge is 0.321 e. The summed E-state index contributed by atoms with van der Waals surface area (Å²) in [5, 5.41) is 3.20. The number of amides is 2. The summed E-state index contributed by atoms with van der Waals surface area (Å²) in [4.78, 5) is 21.2. The number of methoxy groups -OCH3 is 1. The number of carbonyl (C=O) groups excluding carboxylic acids is 1. The van der Waals surface area contributed by atoms with Crippen molar-refractivity contribution in [2.45, 2.75) is 35.9 Å². The average Bonchev–Trinajstić information content (AvgIpc) is 3.14. The predicted molar refractivity (Wildman–Crippen MR) is 206 cm³/mol. The Labute approximate surface area is 304 Å². The van der Waals surface area contributed by atoms with Gasteiger partial charge in [-0.05, 0) is 79.2 Å². The monoisotopic (exact) mass is 728 g/mol. The van der Waals surface area contributed by atoms with Crippen molar-refractivity contribution >= 4 is 27.6 Å². The number of benzene rings is 5. The van der Waals surface area contributed by atoms with Crippen molar-refractivity contribution in [1.29, 1.82) is 0 Å². The quantitative estimate of drug-likeness (QED) is 0.163. The highest BCUT2D eigenvalue weighted by molar-refractivity contribution is 9.10. The lowest BCUT2D eigenvalue weighted by Gasteiger charge is -2.64. The molecule has 0 aromatic heterocycles. The van der Waals surface area contributed by atoms with E-state index < -0.39 is 5.41 Å². The summed E-state index contributed by atoms with van der Waals surface area (Å²) in [5.41, 5.74) is 5.35. The summed E-state index contributed by atoms with van der Waals surface area (Å²) in [5.74, 6) is 0.894. The molecule has 2 amide bonds. The highest BCUT2D eigenvalue weighted by Gasteiger charge is 2.60. The molecule has 256 valence electrons. The number of rotatable bonds is 8. The van der Waals surface area contributed by atoms with Crippen LogP contribution in [0.4, 0.5) is 10.5 Å². The third kappa shape index (κ3) is 6.46. The van der Waals surface area contributed by atoms with E-state index >= 15 is 0 Å². The number of nitrogens with one attached hydrogen (secondary N) is 1. The van der Waals surface area contributed by atoms with Crippen molar-refractivity contribution in [3.05, 3.63) is 166 Å². The summed E-state index contributed by atoms with van der Waals surface area (Å²) < 4.78 is 6.41. The number of fused-ring (bicyclic) bond motifs is 1. The molecule has 0 aliphatic carbocycles. The Morgan fingerprint density at radius 3 is 1.80 bits per heavy atom. The molecule has 0 saturated carbocycles. The van der Waals surface area contributed by atoms with Gasteiger partial charge < -0.3 is 19.9 Å². The van der Waals surface area contributed by atoms with E-state index in [9.17, 15) is 4.79 Å². The first-order valence-corrected chi connectivity index (χ1v) is 18.2. The number of hydrogen-bond acceptors (Lipinski definition) is 4. The topological polar surface area (TPSA) is 48.1 Å². The van der Waals surface area contributed by atoms with Crippen LogP contribution in [0.25, 0.3) is 0 Å². The largest absolute Gasteiger partial charge is 0.497 e. The van der Waals surface area contributed by atoms with Crippen LogP contribution in [0.2, 0.25) is 0 Å². The van der Waals surface area contributed by atoms with Gasteiger partial charge in [-0.25, -0.2) is 4.79 Å². The van der Waals surface area contributed by atoms with Gasteiger partial charge in [0.2, 0.25) is 0 Å². The molecule has 6 nitrogen and oxygen atoms in total. The SMILES string of the molecule is COc1ccc(NC(=O)N2C[C@@H](N(C)C)CCN3[C@H](C(c4ccccc4)(c4ccccc4)c4ccccc4)[C@@H](c4ccc(Br)cc4)[C@@H]3C2)cc1. The van der Waals surface area contributed by atoms with Gasteiger partial charge in [0.1, 0.15) is 5.75 Å². The Balaban J connectivity index is 1.38. The van der Waals surface area contributed by atoms with E-state index in [0.717, 1.165) is 28.9 Å².